The average Bonchev–Trinajstić information content (AvgIpc) is 3.09. The average molecular weight is 334 g/mol. The van der Waals surface area contributed by atoms with Gasteiger partial charge in [0.25, 0.3) is 0 Å². The molecule has 1 aliphatic carbocycles. The zero-order valence-corrected chi connectivity index (χ0v) is 14.8. The lowest BCUT2D eigenvalue weighted by Crippen LogP contribution is -2.48. The number of carbonyl (C=O) groups is 1. The van der Waals surface area contributed by atoms with E-state index in [9.17, 15) is 4.79 Å². The number of rotatable bonds is 6. The third-order valence-electron chi connectivity index (χ3n) is 5.23. The van der Waals surface area contributed by atoms with E-state index >= 15 is 0 Å². The Bertz CT molecular complexity index is 517. The molecule has 1 saturated heterocycles. The van der Waals surface area contributed by atoms with Crippen LogP contribution >= 0.6 is 0 Å². The summed E-state index contributed by atoms with van der Waals surface area (Å²) < 4.78 is 7.94. The quantitative estimate of drug-likeness (QED) is 0.747. The second kappa shape index (κ2) is 8.62. The van der Waals surface area contributed by atoms with Crippen molar-refractivity contribution in [1.29, 1.82) is 0 Å². The number of ether oxygens (including phenoxy) is 1. The van der Waals surface area contributed by atoms with Gasteiger partial charge in [0.2, 0.25) is 5.91 Å². The number of hydrogen-bond donors (Lipinski definition) is 0. The van der Waals surface area contributed by atoms with Crippen LogP contribution in [0.5, 0.6) is 0 Å². The monoisotopic (exact) mass is 334 g/mol. The van der Waals surface area contributed by atoms with Crippen molar-refractivity contribution < 1.29 is 9.53 Å². The van der Waals surface area contributed by atoms with Gasteiger partial charge in [-0.25, -0.2) is 0 Å². The minimum absolute atomic E-state index is 0.180. The highest BCUT2D eigenvalue weighted by atomic mass is 16.5. The van der Waals surface area contributed by atoms with Crippen LogP contribution in [0.2, 0.25) is 0 Å². The third kappa shape index (κ3) is 4.80. The van der Waals surface area contributed by atoms with E-state index in [-0.39, 0.29) is 5.91 Å². The SMILES string of the molecule is CC(=O)N1CCN(CCOCc2ccn(C3CCCCC3)n2)CC1. The fourth-order valence-corrected chi connectivity index (χ4v) is 3.66. The third-order valence-corrected chi connectivity index (χ3v) is 5.23. The Morgan fingerprint density at radius 2 is 1.96 bits per heavy atom. The fraction of sp³-hybridized carbons (Fsp3) is 0.778. The maximum absolute atomic E-state index is 11.3. The van der Waals surface area contributed by atoms with Gasteiger partial charge in [-0.2, -0.15) is 5.10 Å². The Morgan fingerprint density at radius 3 is 2.67 bits per heavy atom. The molecule has 2 heterocycles. The van der Waals surface area contributed by atoms with Crippen LogP contribution in [0.4, 0.5) is 0 Å². The van der Waals surface area contributed by atoms with Crippen LogP contribution < -0.4 is 0 Å². The van der Waals surface area contributed by atoms with Crippen LogP contribution in [-0.2, 0) is 16.1 Å². The molecule has 0 aromatic carbocycles. The molecule has 1 aliphatic heterocycles. The normalized spacial score (nSPS) is 20.5. The first-order valence-corrected chi connectivity index (χ1v) is 9.32. The zero-order valence-electron chi connectivity index (χ0n) is 14.8. The molecule has 3 rings (SSSR count). The summed E-state index contributed by atoms with van der Waals surface area (Å²) in [7, 11) is 0. The van der Waals surface area contributed by atoms with Gasteiger partial charge in [-0.05, 0) is 18.9 Å². The Kier molecular flexibility index (Phi) is 6.26. The van der Waals surface area contributed by atoms with E-state index in [1.807, 2.05) is 4.90 Å². The topological polar surface area (TPSA) is 50.6 Å². The van der Waals surface area contributed by atoms with Crippen molar-refractivity contribution in [2.24, 2.45) is 0 Å². The van der Waals surface area contributed by atoms with Crippen molar-refractivity contribution in [1.82, 2.24) is 19.6 Å². The molecule has 2 aliphatic rings. The van der Waals surface area contributed by atoms with Gasteiger partial charge in [-0.15, -0.1) is 0 Å². The fourth-order valence-electron chi connectivity index (χ4n) is 3.66. The van der Waals surface area contributed by atoms with Crippen LogP contribution in [0.1, 0.15) is 50.8 Å². The number of piperazine rings is 1. The number of carbonyl (C=O) groups excluding carboxylic acids is 1. The summed E-state index contributed by atoms with van der Waals surface area (Å²) in [6.07, 6.45) is 8.65. The van der Waals surface area contributed by atoms with Crippen molar-refractivity contribution in [2.75, 3.05) is 39.3 Å². The van der Waals surface area contributed by atoms with Gasteiger partial charge >= 0.3 is 0 Å². The first kappa shape index (κ1) is 17.4. The van der Waals surface area contributed by atoms with E-state index in [4.69, 9.17) is 4.74 Å². The van der Waals surface area contributed by atoms with Crippen molar-refractivity contribution in [3.05, 3.63) is 18.0 Å². The van der Waals surface area contributed by atoms with E-state index in [1.54, 1.807) is 6.92 Å². The van der Waals surface area contributed by atoms with Gasteiger partial charge in [-0.3, -0.25) is 14.4 Å². The van der Waals surface area contributed by atoms with E-state index < -0.39 is 0 Å². The Morgan fingerprint density at radius 1 is 1.21 bits per heavy atom. The molecule has 1 aromatic rings. The molecule has 6 nitrogen and oxygen atoms in total. The summed E-state index contributed by atoms with van der Waals surface area (Å²) in [5.41, 5.74) is 1.03. The van der Waals surface area contributed by atoms with Crippen LogP contribution in [-0.4, -0.2) is 64.8 Å². The molecule has 0 atom stereocenters. The van der Waals surface area contributed by atoms with Crippen LogP contribution in [0.3, 0.4) is 0 Å². The maximum atomic E-state index is 11.3. The molecule has 24 heavy (non-hydrogen) atoms. The number of aromatic nitrogens is 2. The summed E-state index contributed by atoms with van der Waals surface area (Å²) in [5.74, 6) is 0.180. The van der Waals surface area contributed by atoms with E-state index in [1.165, 1.54) is 32.1 Å². The molecule has 2 fully saturated rings. The lowest BCUT2D eigenvalue weighted by atomic mass is 9.96. The van der Waals surface area contributed by atoms with Gasteiger partial charge in [0, 0.05) is 45.8 Å². The second-order valence-electron chi connectivity index (χ2n) is 6.98. The molecule has 1 amide bonds. The van der Waals surface area contributed by atoms with Gasteiger partial charge < -0.3 is 9.64 Å². The highest BCUT2D eigenvalue weighted by Gasteiger charge is 2.18. The largest absolute Gasteiger partial charge is 0.374 e. The number of amides is 1. The first-order chi connectivity index (χ1) is 11.7. The van der Waals surface area contributed by atoms with Crippen molar-refractivity contribution in [2.45, 2.75) is 51.7 Å². The molecular formula is C18H30N4O2. The smallest absolute Gasteiger partial charge is 0.219 e. The number of nitrogens with zero attached hydrogens (tertiary/aromatic N) is 4. The zero-order chi connectivity index (χ0) is 16.8. The van der Waals surface area contributed by atoms with Crippen LogP contribution in [0.25, 0.3) is 0 Å². The highest BCUT2D eigenvalue weighted by Crippen LogP contribution is 2.27. The van der Waals surface area contributed by atoms with Gasteiger partial charge in [0.05, 0.1) is 24.9 Å². The van der Waals surface area contributed by atoms with Crippen molar-refractivity contribution in [3.63, 3.8) is 0 Å². The Hall–Kier alpha value is -1.40. The Balaban J connectivity index is 1.32. The first-order valence-electron chi connectivity index (χ1n) is 9.32. The molecule has 0 unspecified atom stereocenters. The summed E-state index contributed by atoms with van der Waals surface area (Å²) >= 11 is 0. The predicted molar refractivity (Wildman–Crippen MR) is 92.7 cm³/mol. The van der Waals surface area contributed by atoms with Gasteiger partial charge in [0.1, 0.15) is 0 Å². The molecule has 1 aromatic heterocycles. The minimum Gasteiger partial charge on any atom is -0.374 e. The van der Waals surface area contributed by atoms with Crippen molar-refractivity contribution >= 4 is 5.91 Å². The molecule has 0 radical (unpaired) electrons. The number of hydrogen-bond acceptors (Lipinski definition) is 4. The minimum atomic E-state index is 0.180. The molecule has 0 N–H and O–H groups in total. The van der Waals surface area contributed by atoms with Gasteiger partial charge in [-0.1, -0.05) is 19.3 Å². The van der Waals surface area contributed by atoms with Crippen LogP contribution in [0, 0.1) is 0 Å². The summed E-state index contributed by atoms with van der Waals surface area (Å²) in [4.78, 5) is 15.6. The molecule has 6 heteroatoms. The maximum Gasteiger partial charge on any atom is 0.219 e. The van der Waals surface area contributed by atoms with Crippen LogP contribution in [0.15, 0.2) is 12.3 Å². The highest BCUT2D eigenvalue weighted by molar-refractivity contribution is 5.73. The van der Waals surface area contributed by atoms with Gasteiger partial charge in [0.15, 0.2) is 0 Å². The van der Waals surface area contributed by atoms with E-state index in [0.717, 1.165) is 45.0 Å². The summed E-state index contributed by atoms with van der Waals surface area (Å²) in [6.45, 7) is 7.44. The van der Waals surface area contributed by atoms with E-state index in [2.05, 4.69) is 26.9 Å². The summed E-state index contributed by atoms with van der Waals surface area (Å²) in [6, 6.07) is 2.67. The van der Waals surface area contributed by atoms with E-state index in [0.29, 0.717) is 12.6 Å². The van der Waals surface area contributed by atoms with Crippen molar-refractivity contribution in [3.8, 4) is 0 Å². The molecule has 134 valence electrons. The lowest BCUT2D eigenvalue weighted by molar-refractivity contribution is -0.130. The molecule has 1 saturated carbocycles. The molecule has 0 bridgehead atoms. The standard InChI is InChI=1S/C18H30N4O2/c1-16(23)21-11-9-20(10-12-21)13-14-24-15-17-7-8-22(19-17)18-5-3-2-4-6-18/h7-8,18H,2-6,9-15H2,1H3. The second-order valence-corrected chi connectivity index (χ2v) is 6.98. The summed E-state index contributed by atoms with van der Waals surface area (Å²) in [5, 5.41) is 4.68. The Labute approximate surface area is 144 Å². The molecule has 0 spiro atoms. The predicted octanol–water partition coefficient (Wildman–Crippen LogP) is 2.07. The molecular weight excluding hydrogens is 304 g/mol. The lowest BCUT2D eigenvalue weighted by Gasteiger charge is -2.34.